The van der Waals surface area contributed by atoms with Crippen LogP contribution in [0.3, 0.4) is 0 Å². The number of anilines is 1. The summed E-state index contributed by atoms with van der Waals surface area (Å²) in [7, 11) is 0. The lowest BCUT2D eigenvalue weighted by Crippen LogP contribution is -2.14. The first-order chi connectivity index (χ1) is 15.6. The highest BCUT2D eigenvalue weighted by molar-refractivity contribution is 6.18. The second-order valence-corrected chi connectivity index (χ2v) is 7.32. The number of hydrogen-bond acceptors (Lipinski definition) is 4. The zero-order valence-electron chi connectivity index (χ0n) is 17.6. The topological polar surface area (TPSA) is 68.5 Å². The van der Waals surface area contributed by atoms with Gasteiger partial charge < -0.3 is 14.5 Å². The number of nitrogens with one attached hydrogen (secondary N) is 1. The van der Waals surface area contributed by atoms with E-state index < -0.39 is 17.5 Å². The summed E-state index contributed by atoms with van der Waals surface area (Å²) in [6.45, 7) is 2.65. The Hall–Kier alpha value is -3.93. The third-order valence-electron chi connectivity index (χ3n) is 5.01. The van der Waals surface area contributed by atoms with Gasteiger partial charge in [-0.3, -0.25) is 9.59 Å². The van der Waals surface area contributed by atoms with Gasteiger partial charge >= 0.3 is 0 Å². The van der Waals surface area contributed by atoms with Crippen molar-refractivity contribution in [1.82, 2.24) is 0 Å². The Bertz CT molecular complexity index is 1260. The molecule has 5 nitrogen and oxygen atoms in total. The summed E-state index contributed by atoms with van der Waals surface area (Å²) in [5.74, 6) is -0.702. The van der Waals surface area contributed by atoms with E-state index in [0.29, 0.717) is 28.9 Å². The molecular formula is C26H22FNO4. The number of furan rings is 1. The SMILES string of the molecule is CCCCOc1cccc(C(=O)Nc2c(C(=O)c3ccc(F)cc3)oc3ccccc23)c1. The molecule has 0 fully saturated rings. The molecule has 0 atom stereocenters. The van der Waals surface area contributed by atoms with Crippen molar-refractivity contribution < 1.29 is 23.1 Å². The second-order valence-electron chi connectivity index (χ2n) is 7.32. The number of ketones is 1. The highest BCUT2D eigenvalue weighted by Gasteiger charge is 2.24. The lowest BCUT2D eigenvalue weighted by Gasteiger charge is -2.09. The molecular weight excluding hydrogens is 409 g/mol. The summed E-state index contributed by atoms with van der Waals surface area (Å²) in [4.78, 5) is 26.1. The van der Waals surface area contributed by atoms with Gasteiger partial charge in [0.25, 0.3) is 5.91 Å². The van der Waals surface area contributed by atoms with Crippen molar-refractivity contribution in [2.24, 2.45) is 0 Å². The van der Waals surface area contributed by atoms with E-state index in [-0.39, 0.29) is 17.0 Å². The molecule has 0 spiro atoms. The number of carbonyl (C=O) groups excluding carboxylic acids is 2. The summed E-state index contributed by atoms with van der Waals surface area (Å²) >= 11 is 0. The van der Waals surface area contributed by atoms with E-state index >= 15 is 0 Å². The zero-order valence-corrected chi connectivity index (χ0v) is 17.6. The molecule has 3 aromatic carbocycles. The third kappa shape index (κ3) is 4.54. The third-order valence-corrected chi connectivity index (χ3v) is 5.01. The zero-order chi connectivity index (χ0) is 22.5. The Morgan fingerprint density at radius 2 is 1.75 bits per heavy atom. The van der Waals surface area contributed by atoms with Crippen LogP contribution in [0.2, 0.25) is 0 Å². The Labute approximate surface area is 184 Å². The van der Waals surface area contributed by atoms with Crippen molar-refractivity contribution >= 4 is 28.3 Å². The van der Waals surface area contributed by atoms with Gasteiger partial charge in [0, 0.05) is 16.5 Å². The van der Waals surface area contributed by atoms with E-state index in [2.05, 4.69) is 12.2 Å². The molecule has 0 bridgehead atoms. The molecule has 1 N–H and O–H groups in total. The van der Waals surface area contributed by atoms with Crippen LogP contribution in [-0.4, -0.2) is 18.3 Å². The van der Waals surface area contributed by atoms with Crippen LogP contribution < -0.4 is 10.1 Å². The van der Waals surface area contributed by atoms with Crippen LogP contribution in [0.25, 0.3) is 11.0 Å². The van der Waals surface area contributed by atoms with Gasteiger partial charge in [0.05, 0.1) is 12.3 Å². The molecule has 0 saturated carbocycles. The van der Waals surface area contributed by atoms with Gasteiger partial charge in [-0.2, -0.15) is 0 Å². The Morgan fingerprint density at radius 3 is 2.53 bits per heavy atom. The van der Waals surface area contributed by atoms with E-state index in [1.54, 1.807) is 48.5 Å². The molecule has 0 saturated heterocycles. The van der Waals surface area contributed by atoms with Crippen molar-refractivity contribution in [1.29, 1.82) is 0 Å². The van der Waals surface area contributed by atoms with E-state index in [4.69, 9.17) is 9.15 Å². The van der Waals surface area contributed by atoms with Crippen LogP contribution in [0.1, 0.15) is 46.2 Å². The van der Waals surface area contributed by atoms with Crippen molar-refractivity contribution in [2.75, 3.05) is 11.9 Å². The molecule has 1 amide bonds. The van der Waals surface area contributed by atoms with Crippen LogP contribution in [0.15, 0.2) is 77.2 Å². The highest BCUT2D eigenvalue weighted by Crippen LogP contribution is 2.33. The highest BCUT2D eigenvalue weighted by atomic mass is 19.1. The van der Waals surface area contributed by atoms with Crippen LogP contribution in [0, 0.1) is 5.82 Å². The van der Waals surface area contributed by atoms with E-state index in [0.717, 1.165) is 12.8 Å². The van der Waals surface area contributed by atoms with Gasteiger partial charge in [-0.15, -0.1) is 0 Å². The molecule has 1 aromatic heterocycles. The minimum atomic E-state index is -0.451. The number of ether oxygens (including phenoxy) is 1. The molecule has 0 unspecified atom stereocenters. The van der Waals surface area contributed by atoms with Gasteiger partial charge in [-0.05, 0) is 61.0 Å². The summed E-state index contributed by atoms with van der Waals surface area (Å²) in [6.07, 6.45) is 1.94. The van der Waals surface area contributed by atoms with Gasteiger partial charge in [-0.1, -0.05) is 31.5 Å². The van der Waals surface area contributed by atoms with Crippen LogP contribution in [0.5, 0.6) is 5.75 Å². The number of unbranched alkanes of at least 4 members (excludes halogenated alkanes) is 1. The molecule has 162 valence electrons. The van der Waals surface area contributed by atoms with Crippen molar-refractivity contribution in [2.45, 2.75) is 19.8 Å². The predicted octanol–water partition coefficient (Wildman–Crippen LogP) is 6.23. The van der Waals surface area contributed by atoms with E-state index in [1.165, 1.54) is 24.3 Å². The number of benzene rings is 3. The number of hydrogen-bond donors (Lipinski definition) is 1. The maximum atomic E-state index is 13.3. The number of carbonyl (C=O) groups is 2. The first-order valence-electron chi connectivity index (χ1n) is 10.4. The summed E-state index contributed by atoms with van der Waals surface area (Å²) in [5, 5.41) is 3.42. The molecule has 1 heterocycles. The average molecular weight is 431 g/mol. The standard InChI is InChI=1S/C26H22FNO4/c1-2-3-15-31-20-8-6-7-18(16-20)26(30)28-23-21-9-4-5-10-22(21)32-25(23)24(29)17-11-13-19(27)14-12-17/h4-14,16H,2-3,15H2,1H3,(H,28,30). The monoisotopic (exact) mass is 431 g/mol. The van der Waals surface area contributed by atoms with Gasteiger partial charge in [-0.25, -0.2) is 4.39 Å². The summed E-state index contributed by atoms with van der Waals surface area (Å²) < 4.78 is 24.8. The molecule has 0 aliphatic carbocycles. The van der Waals surface area contributed by atoms with Crippen LogP contribution >= 0.6 is 0 Å². The fraction of sp³-hybridized carbons (Fsp3) is 0.154. The maximum Gasteiger partial charge on any atom is 0.255 e. The predicted molar refractivity (Wildman–Crippen MR) is 121 cm³/mol. The van der Waals surface area contributed by atoms with Crippen LogP contribution in [0.4, 0.5) is 10.1 Å². The van der Waals surface area contributed by atoms with Gasteiger partial charge in [0.1, 0.15) is 17.1 Å². The molecule has 0 aliphatic heterocycles. The normalized spacial score (nSPS) is 10.8. The summed E-state index contributed by atoms with van der Waals surface area (Å²) in [5.41, 5.74) is 1.39. The smallest absolute Gasteiger partial charge is 0.255 e. The number of halogens is 1. The van der Waals surface area contributed by atoms with Gasteiger partial charge in [0.2, 0.25) is 5.78 Å². The number of para-hydroxylation sites is 1. The van der Waals surface area contributed by atoms with E-state index in [9.17, 15) is 14.0 Å². The second kappa shape index (κ2) is 9.47. The first-order valence-corrected chi connectivity index (χ1v) is 10.4. The minimum absolute atomic E-state index is 0.0125. The molecule has 0 aliphatic rings. The fourth-order valence-electron chi connectivity index (χ4n) is 3.31. The Kier molecular flexibility index (Phi) is 6.31. The number of amides is 1. The lowest BCUT2D eigenvalue weighted by molar-refractivity contribution is 0.101. The van der Waals surface area contributed by atoms with Crippen LogP contribution in [-0.2, 0) is 0 Å². The van der Waals surface area contributed by atoms with Crippen molar-refractivity contribution in [3.05, 3.63) is 95.5 Å². The molecule has 6 heteroatoms. The maximum absolute atomic E-state index is 13.3. The van der Waals surface area contributed by atoms with Crippen molar-refractivity contribution in [3.8, 4) is 5.75 Å². The minimum Gasteiger partial charge on any atom is -0.494 e. The molecule has 4 aromatic rings. The Balaban J connectivity index is 1.66. The largest absolute Gasteiger partial charge is 0.494 e. The number of rotatable bonds is 8. The quantitative estimate of drug-likeness (QED) is 0.265. The molecule has 0 radical (unpaired) electrons. The van der Waals surface area contributed by atoms with Gasteiger partial charge in [0.15, 0.2) is 5.76 Å². The van der Waals surface area contributed by atoms with E-state index in [1.807, 2.05) is 0 Å². The summed E-state index contributed by atoms with van der Waals surface area (Å²) in [6, 6.07) is 19.1. The lowest BCUT2D eigenvalue weighted by atomic mass is 10.1. The van der Waals surface area contributed by atoms with Crippen molar-refractivity contribution in [3.63, 3.8) is 0 Å². The molecule has 4 rings (SSSR count). The fourth-order valence-corrected chi connectivity index (χ4v) is 3.31. The number of fused-ring (bicyclic) bond motifs is 1. The average Bonchev–Trinajstić information content (AvgIpc) is 3.18. The first kappa shape index (κ1) is 21.3. The Morgan fingerprint density at radius 1 is 0.969 bits per heavy atom. The molecule has 32 heavy (non-hydrogen) atoms.